The second-order valence-electron chi connectivity index (χ2n) is 4.99. The second-order valence-corrected chi connectivity index (χ2v) is 4.99. The number of carbonyl (C=O) groups excluding carboxylic acids is 1. The molecule has 0 aromatic carbocycles. The third-order valence-electron chi connectivity index (χ3n) is 3.72. The lowest BCUT2D eigenvalue weighted by Gasteiger charge is -2.38. The summed E-state index contributed by atoms with van der Waals surface area (Å²) in [6.45, 7) is 5.72. The van der Waals surface area contributed by atoms with Gasteiger partial charge in [0.05, 0.1) is 19.3 Å². The second kappa shape index (κ2) is 5.76. The lowest BCUT2D eigenvalue weighted by molar-refractivity contribution is -0.171. The molecule has 20 heavy (non-hydrogen) atoms. The Balaban J connectivity index is 1.56. The fourth-order valence-electron chi connectivity index (χ4n) is 2.57. The van der Waals surface area contributed by atoms with E-state index in [1.807, 2.05) is 11.8 Å². The number of H-pyrrole nitrogens is 1. The number of nitrogens with one attached hydrogen (secondary N) is 1. The highest BCUT2D eigenvalue weighted by atomic mass is 16.6. The lowest BCUT2D eigenvalue weighted by Crippen LogP contribution is -2.55. The highest BCUT2D eigenvalue weighted by Crippen LogP contribution is 2.15. The molecule has 2 atom stereocenters. The number of aromatic nitrogens is 3. The van der Waals surface area contributed by atoms with Crippen LogP contribution in [-0.2, 0) is 14.3 Å². The minimum absolute atomic E-state index is 0.0226. The molecule has 1 aromatic heterocycles. The van der Waals surface area contributed by atoms with Crippen LogP contribution in [0.5, 0.6) is 0 Å². The Labute approximate surface area is 117 Å². The normalized spacial score (nSPS) is 27.6. The molecule has 0 saturated carbocycles. The van der Waals surface area contributed by atoms with Gasteiger partial charge in [-0.15, -0.1) is 0 Å². The van der Waals surface area contributed by atoms with Crippen LogP contribution < -0.4 is 4.90 Å². The van der Waals surface area contributed by atoms with E-state index in [4.69, 9.17) is 9.47 Å². The number of amides is 1. The van der Waals surface area contributed by atoms with Gasteiger partial charge in [-0.05, 0) is 6.92 Å². The van der Waals surface area contributed by atoms with Gasteiger partial charge in [0.25, 0.3) is 5.91 Å². The molecule has 1 amide bonds. The maximum atomic E-state index is 12.4. The quantitative estimate of drug-likeness (QED) is 0.768. The first-order chi connectivity index (χ1) is 9.75. The first-order valence-electron chi connectivity index (χ1n) is 6.88. The van der Waals surface area contributed by atoms with Crippen molar-refractivity contribution < 1.29 is 14.3 Å². The van der Waals surface area contributed by atoms with Crippen molar-refractivity contribution in [2.24, 2.45) is 0 Å². The van der Waals surface area contributed by atoms with Gasteiger partial charge in [-0.25, -0.2) is 5.10 Å². The first kappa shape index (κ1) is 13.3. The minimum Gasteiger partial charge on any atom is -0.373 e. The highest BCUT2D eigenvalue weighted by Gasteiger charge is 2.34. The van der Waals surface area contributed by atoms with Gasteiger partial charge in [0.15, 0.2) is 6.10 Å². The topological polar surface area (TPSA) is 83.6 Å². The summed E-state index contributed by atoms with van der Waals surface area (Å²) in [5.74, 6) is 0.775. The van der Waals surface area contributed by atoms with Crippen molar-refractivity contribution in [3.05, 3.63) is 6.33 Å². The Bertz CT molecular complexity index is 444. The first-order valence-corrected chi connectivity index (χ1v) is 6.88. The number of hydrogen-bond acceptors (Lipinski definition) is 6. The number of aromatic amines is 1. The van der Waals surface area contributed by atoms with Crippen molar-refractivity contribution in [1.82, 2.24) is 20.1 Å². The van der Waals surface area contributed by atoms with E-state index in [1.54, 1.807) is 0 Å². The van der Waals surface area contributed by atoms with Crippen LogP contribution in [0.1, 0.15) is 6.92 Å². The Kier molecular flexibility index (Phi) is 3.83. The molecule has 1 N–H and O–H groups in total. The van der Waals surface area contributed by atoms with Crippen LogP contribution in [0.15, 0.2) is 6.33 Å². The molecule has 2 aliphatic heterocycles. The van der Waals surface area contributed by atoms with E-state index in [0.717, 1.165) is 19.0 Å². The number of anilines is 1. The van der Waals surface area contributed by atoms with Crippen LogP contribution in [0.4, 0.5) is 5.95 Å². The summed E-state index contributed by atoms with van der Waals surface area (Å²) in [5, 5.41) is 6.68. The molecule has 0 spiro atoms. The molecule has 2 fully saturated rings. The summed E-state index contributed by atoms with van der Waals surface area (Å²) in [6.07, 6.45) is 0.839. The summed E-state index contributed by atoms with van der Waals surface area (Å²) in [4.78, 5) is 20.5. The Hall–Kier alpha value is -1.67. The van der Waals surface area contributed by atoms with E-state index in [2.05, 4.69) is 20.1 Å². The summed E-state index contributed by atoms with van der Waals surface area (Å²) in [7, 11) is 0. The molecule has 2 saturated heterocycles. The number of piperazine rings is 1. The molecule has 8 nitrogen and oxygen atoms in total. The van der Waals surface area contributed by atoms with Gasteiger partial charge in [-0.3, -0.25) is 4.79 Å². The van der Waals surface area contributed by atoms with Crippen LogP contribution >= 0.6 is 0 Å². The number of hydrogen-bond donors (Lipinski definition) is 1. The smallest absolute Gasteiger partial charge is 0.254 e. The van der Waals surface area contributed by atoms with Crippen LogP contribution in [0, 0.1) is 0 Å². The van der Waals surface area contributed by atoms with Gasteiger partial charge in [-0.1, -0.05) is 0 Å². The SMILES string of the molecule is C[C@@H]1OCCO[C@@H]1C(=O)N1CCN(c2ncn[nH]2)CC1. The maximum absolute atomic E-state index is 12.4. The maximum Gasteiger partial charge on any atom is 0.254 e. The Morgan fingerprint density at radius 2 is 2.05 bits per heavy atom. The average molecular weight is 281 g/mol. The predicted molar refractivity (Wildman–Crippen MR) is 70.3 cm³/mol. The number of nitrogens with zero attached hydrogens (tertiary/aromatic N) is 4. The molecule has 3 heterocycles. The standard InChI is InChI=1S/C12H19N5O3/c1-9-10(20-7-6-19-9)11(18)16-2-4-17(5-3-16)12-13-8-14-15-12/h8-10H,2-7H2,1H3,(H,13,14,15)/t9-,10-/m0/s1. The molecule has 0 bridgehead atoms. The Morgan fingerprint density at radius 1 is 1.30 bits per heavy atom. The van der Waals surface area contributed by atoms with Crippen LogP contribution in [0.3, 0.4) is 0 Å². The van der Waals surface area contributed by atoms with E-state index in [9.17, 15) is 4.79 Å². The van der Waals surface area contributed by atoms with Crippen molar-refractivity contribution in [2.45, 2.75) is 19.1 Å². The van der Waals surface area contributed by atoms with Gasteiger partial charge >= 0.3 is 0 Å². The molecule has 0 radical (unpaired) electrons. The van der Waals surface area contributed by atoms with Gasteiger partial charge in [0, 0.05) is 26.2 Å². The molecule has 3 rings (SSSR count). The van der Waals surface area contributed by atoms with Crippen LogP contribution in [0.25, 0.3) is 0 Å². The van der Waals surface area contributed by atoms with Crippen molar-refractivity contribution in [3.63, 3.8) is 0 Å². The monoisotopic (exact) mass is 281 g/mol. The van der Waals surface area contributed by atoms with Crippen molar-refractivity contribution in [1.29, 1.82) is 0 Å². The van der Waals surface area contributed by atoms with Gasteiger partial charge in [0.1, 0.15) is 6.33 Å². The molecular weight excluding hydrogens is 262 g/mol. The summed E-state index contributed by atoms with van der Waals surface area (Å²) < 4.78 is 11.0. The molecular formula is C12H19N5O3. The predicted octanol–water partition coefficient (Wildman–Crippen LogP) is -0.743. The zero-order chi connectivity index (χ0) is 13.9. The third-order valence-corrected chi connectivity index (χ3v) is 3.72. The van der Waals surface area contributed by atoms with Crippen molar-refractivity contribution >= 4 is 11.9 Å². The Morgan fingerprint density at radius 3 is 2.70 bits per heavy atom. The van der Waals surface area contributed by atoms with Crippen LogP contribution in [0.2, 0.25) is 0 Å². The number of carbonyl (C=O) groups is 1. The third kappa shape index (κ3) is 2.61. The zero-order valence-corrected chi connectivity index (χ0v) is 11.5. The van der Waals surface area contributed by atoms with E-state index in [0.29, 0.717) is 26.3 Å². The number of rotatable bonds is 2. The van der Waals surface area contributed by atoms with Gasteiger partial charge < -0.3 is 19.3 Å². The highest BCUT2D eigenvalue weighted by molar-refractivity contribution is 5.82. The van der Waals surface area contributed by atoms with Crippen molar-refractivity contribution in [3.8, 4) is 0 Å². The zero-order valence-electron chi connectivity index (χ0n) is 11.5. The van der Waals surface area contributed by atoms with Crippen LogP contribution in [-0.4, -0.2) is 77.6 Å². The van der Waals surface area contributed by atoms with E-state index < -0.39 is 6.10 Å². The number of ether oxygens (including phenoxy) is 2. The molecule has 0 unspecified atom stereocenters. The minimum atomic E-state index is -0.472. The molecule has 8 heteroatoms. The summed E-state index contributed by atoms with van der Waals surface area (Å²) >= 11 is 0. The van der Waals surface area contributed by atoms with E-state index in [1.165, 1.54) is 6.33 Å². The fraction of sp³-hybridized carbons (Fsp3) is 0.750. The van der Waals surface area contributed by atoms with Gasteiger partial charge in [-0.2, -0.15) is 10.1 Å². The largest absolute Gasteiger partial charge is 0.373 e. The molecule has 110 valence electrons. The lowest BCUT2D eigenvalue weighted by atomic mass is 10.1. The molecule has 2 aliphatic rings. The van der Waals surface area contributed by atoms with E-state index in [-0.39, 0.29) is 12.0 Å². The summed E-state index contributed by atoms with van der Waals surface area (Å²) in [5.41, 5.74) is 0. The van der Waals surface area contributed by atoms with E-state index >= 15 is 0 Å². The fourth-order valence-corrected chi connectivity index (χ4v) is 2.57. The van der Waals surface area contributed by atoms with Gasteiger partial charge in [0.2, 0.25) is 5.95 Å². The average Bonchev–Trinajstić information content (AvgIpc) is 3.01. The summed E-state index contributed by atoms with van der Waals surface area (Å²) in [6, 6.07) is 0. The van der Waals surface area contributed by atoms with Crippen molar-refractivity contribution in [2.75, 3.05) is 44.3 Å². The molecule has 0 aliphatic carbocycles. The molecule has 1 aromatic rings.